The molecule has 28 heavy (non-hydrogen) atoms. The first kappa shape index (κ1) is 22.0. The third-order valence-corrected chi connectivity index (χ3v) is 5.38. The Hall–Kier alpha value is -2.30. The summed E-state index contributed by atoms with van der Waals surface area (Å²) in [6.45, 7) is 5.43. The molecule has 2 aromatic rings. The first-order valence-electron chi connectivity index (χ1n) is 8.86. The van der Waals surface area contributed by atoms with Gasteiger partial charge < -0.3 is 19.6 Å². The summed E-state index contributed by atoms with van der Waals surface area (Å²) in [6.07, 6.45) is 3.70. The normalized spacial score (nSPS) is 19.3. The summed E-state index contributed by atoms with van der Waals surface area (Å²) < 4.78 is 7.80. The predicted octanol–water partition coefficient (Wildman–Crippen LogP) is 1.34. The summed E-state index contributed by atoms with van der Waals surface area (Å²) >= 11 is 1.46. The van der Waals surface area contributed by atoms with Gasteiger partial charge in [-0.1, -0.05) is 0 Å². The maximum absolute atomic E-state index is 13.3. The van der Waals surface area contributed by atoms with Crippen molar-refractivity contribution in [3.8, 4) is 0 Å². The molecule has 0 unspecified atom stereocenters. The van der Waals surface area contributed by atoms with Crippen molar-refractivity contribution in [2.75, 3.05) is 33.8 Å². The van der Waals surface area contributed by atoms with Gasteiger partial charge in [-0.2, -0.15) is 5.10 Å². The lowest BCUT2D eigenvalue weighted by Crippen LogP contribution is -2.51. The summed E-state index contributed by atoms with van der Waals surface area (Å²) in [4.78, 5) is 30.8. The highest BCUT2D eigenvalue weighted by Gasteiger charge is 2.38. The van der Waals surface area contributed by atoms with Crippen LogP contribution >= 0.6 is 11.3 Å². The number of aromatic nitrogens is 3. The number of thiazole rings is 1. The number of aryl methyl sites for hydroxylation is 3. The fourth-order valence-electron chi connectivity index (χ4n) is 3.32. The number of rotatable bonds is 4. The second-order valence-corrected chi connectivity index (χ2v) is 8.02. The smallest absolute Gasteiger partial charge is 0.290 e. The fourth-order valence-corrected chi connectivity index (χ4v) is 4.20. The minimum absolute atomic E-state index is 0.0315. The van der Waals surface area contributed by atoms with Crippen molar-refractivity contribution in [1.29, 1.82) is 0 Å². The average molecular weight is 410 g/mol. The van der Waals surface area contributed by atoms with Crippen LogP contribution in [0.4, 0.5) is 0 Å². The molecule has 1 amide bonds. The number of likely N-dealkylation sites (N-methyl/N-ethyl adjacent to an activating group) is 1. The van der Waals surface area contributed by atoms with Crippen molar-refractivity contribution in [2.24, 2.45) is 7.05 Å². The molecule has 3 heterocycles. The van der Waals surface area contributed by atoms with Crippen molar-refractivity contribution in [1.82, 2.24) is 24.6 Å². The van der Waals surface area contributed by atoms with Gasteiger partial charge >= 0.3 is 0 Å². The summed E-state index contributed by atoms with van der Waals surface area (Å²) in [7, 11) is 5.92. The van der Waals surface area contributed by atoms with E-state index in [4.69, 9.17) is 14.6 Å². The van der Waals surface area contributed by atoms with Crippen LogP contribution in [-0.2, 0) is 16.6 Å². The van der Waals surface area contributed by atoms with Crippen LogP contribution in [-0.4, -0.2) is 81.9 Å². The summed E-state index contributed by atoms with van der Waals surface area (Å²) in [5, 5.41) is 12.1. The lowest BCUT2D eigenvalue weighted by atomic mass is 10.00. The van der Waals surface area contributed by atoms with Gasteiger partial charge in [0, 0.05) is 31.9 Å². The van der Waals surface area contributed by atoms with Crippen LogP contribution in [0.1, 0.15) is 32.0 Å². The molecule has 154 valence electrons. The molecule has 0 radical (unpaired) electrons. The van der Waals surface area contributed by atoms with Crippen molar-refractivity contribution in [3.05, 3.63) is 33.5 Å². The topological polar surface area (TPSA) is 101 Å². The Balaban J connectivity index is 0.000000878. The first-order chi connectivity index (χ1) is 13.3. The Bertz CT molecular complexity index is 804. The van der Waals surface area contributed by atoms with Crippen LogP contribution in [0.15, 0.2) is 12.4 Å². The summed E-state index contributed by atoms with van der Waals surface area (Å²) in [5.41, 5.74) is 1.80. The SMILES string of the molecule is Cc1nc(C)c(C(=O)N2CCO[C@@H](CN(C)C)[C@@H]2c2cnn(C)c2)s1.O=CO. The van der Waals surface area contributed by atoms with Gasteiger partial charge in [0.15, 0.2) is 0 Å². The molecule has 2 atom stereocenters. The zero-order valence-electron chi connectivity index (χ0n) is 16.8. The number of hydrogen-bond acceptors (Lipinski definition) is 7. The van der Waals surface area contributed by atoms with E-state index >= 15 is 0 Å². The number of carbonyl (C=O) groups excluding carboxylic acids is 1. The van der Waals surface area contributed by atoms with Gasteiger partial charge in [0.05, 0.1) is 35.7 Å². The summed E-state index contributed by atoms with van der Waals surface area (Å²) in [5.74, 6) is 0.0315. The molecule has 0 saturated carbocycles. The number of nitrogens with zero attached hydrogens (tertiary/aromatic N) is 5. The number of ether oxygens (including phenoxy) is 1. The highest BCUT2D eigenvalue weighted by atomic mass is 32.1. The molecule has 1 saturated heterocycles. The van der Waals surface area contributed by atoms with E-state index in [2.05, 4.69) is 15.0 Å². The number of amides is 1. The highest BCUT2D eigenvalue weighted by molar-refractivity contribution is 7.13. The predicted molar refractivity (Wildman–Crippen MR) is 106 cm³/mol. The van der Waals surface area contributed by atoms with Crippen LogP contribution in [0.5, 0.6) is 0 Å². The van der Waals surface area contributed by atoms with Crippen LogP contribution in [0.3, 0.4) is 0 Å². The Morgan fingerprint density at radius 1 is 1.46 bits per heavy atom. The van der Waals surface area contributed by atoms with Gasteiger partial charge in [-0.15, -0.1) is 11.3 Å². The lowest BCUT2D eigenvalue weighted by molar-refractivity contribution is -0.122. The number of hydrogen-bond donors (Lipinski definition) is 1. The maximum Gasteiger partial charge on any atom is 0.290 e. The van der Waals surface area contributed by atoms with E-state index in [0.29, 0.717) is 13.2 Å². The average Bonchev–Trinajstić information content (AvgIpc) is 3.19. The van der Waals surface area contributed by atoms with Crippen LogP contribution in [0, 0.1) is 13.8 Å². The second kappa shape index (κ2) is 9.76. The van der Waals surface area contributed by atoms with Gasteiger partial charge in [-0.3, -0.25) is 14.3 Å². The van der Waals surface area contributed by atoms with Gasteiger partial charge in [0.1, 0.15) is 4.88 Å². The third kappa shape index (κ3) is 5.15. The minimum atomic E-state index is -0.250. The van der Waals surface area contributed by atoms with Gasteiger partial charge in [-0.25, -0.2) is 4.98 Å². The van der Waals surface area contributed by atoms with E-state index in [1.54, 1.807) is 4.68 Å². The largest absolute Gasteiger partial charge is 0.483 e. The van der Waals surface area contributed by atoms with E-state index < -0.39 is 0 Å². The van der Waals surface area contributed by atoms with Gasteiger partial charge in [0.25, 0.3) is 12.4 Å². The Labute approximate surface area is 168 Å². The highest BCUT2D eigenvalue weighted by Crippen LogP contribution is 2.32. The quantitative estimate of drug-likeness (QED) is 0.761. The molecule has 10 heteroatoms. The van der Waals surface area contributed by atoms with Gasteiger partial charge in [0.2, 0.25) is 0 Å². The van der Waals surface area contributed by atoms with E-state index in [-0.39, 0.29) is 24.5 Å². The van der Waals surface area contributed by atoms with E-state index in [1.807, 2.05) is 52.3 Å². The minimum Gasteiger partial charge on any atom is -0.483 e. The molecule has 1 aliphatic heterocycles. The number of carboxylic acid groups (broad SMARTS) is 1. The second-order valence-electron chi connectivity index (χ2n) is 6.82. The third-order valence-electron chi connectivity index (χ3n) is 4.32. The molecule has 9 nitrogen and oxygen atoms in total. The van der Waals surface area contributed by atoms with Crippen molar-refractivity contribution in [3.63, 3.8) is 0 Å². The Kier molecular flexibility index (Phi) is 7.67. The molecule has 1 N–H and O–H groups in total. The molecule has 3 rings (SSSR count). The van der Waals surface area contributed by atoms with Crippen LogP contribution < -0.4 is 0 Å². The molecule has 0 bridgehead atoms. The van der Waals surface area contributed by atoms with Crippen molar-refractivity contribution >= 4 is 23.7 Å². The first-order valence-corrected chi connectivity index (χ1v) is 9.67. The lowest BCUT2D eigenvalue weighted by Gasteiger charge is -2.41. The van der Waals surface area contributed by atoms with E-state index in [0.717, 1.165) is 27.7 Å². The standard InChI is InChI=1S/C17H25N5O2S.CH2O2/c1-11-16(25-12(2)19-11)17(23)22-6-7-24-14(10-20(3)4)15(22)13-8-18-21(5)9-13;2-1-3/h8-9,14-15H,6-7,10H2,1-5H3;1H,(H,2,3)/t14-,15-;/m0./s1. The molecule has 0 aromatic carbocycles. The zero-order chi connectivity index (χ0) is 20.8. The maximum atomic E-state index is 13.3. The molecule has 2 aromatic heterocycles. The van der Waals surface area contributed by atoms with Crippen molar-refractivity contribution < 1.29 is 19.4 Å². The van der Waals surface area contributed by atoms with Crippen molar-refractivity contribution in [2.45, 2.75) is 26.0 Å². The molecule has 0 aliphatic carbocycles. The monoisotopic (exact) mass is 409 g/mol. The molecular weight excluding hydrogens is 382 g/mol. The Morgan fingerprint density at radius 3 is 2.64 bits per heavy atom. The van der Waals surface area contributed by atoms with E-state index in [9.17, 15) is 4.79 Å². The zero-order valence-corrected chi connectivity index (χ0v) is 17.6. The fraction of sp³-hybridized carbons (Fsp3) is 0.556. The summed E-state index contributed by atoms with van der Waals surface area (Å²) in [6, 6.07) is -0.154. The van der Waals surface area contributed by atoms with Crippen LogP contribution in [0.25, 0.3) is 0 Å². The number of morpholine rings is 1. The molecule has 1 aliphatic rings. The van der Waals surface area contributed by atoms with Gasteiger partial charge in [-0.05, 0) is 27.9 Å². The number of carbonyl (C=O) groups is 2. The van der Waals surface area contributed by atoms with Crippen LogP contribution in [0.2, 0.25) is 0 Å². The molecule has 1 fully saturated rings. The van der Waals surface area contributed by atoms with E-state index in [1.165, 1.54) is 11.3 Å². The Morgan fingerprint density at radius 2 is 2.14 bits per heavy atom. The molecule has 0 spiro atoms. The molecular formula is C18H27N5O4S.